The third-order valence-electron chi connectivity index (χ3n) is 6.15. The Balaban J connectivity index is 1.43. The van der Waals surface area contributed by atoms with Crippen molar-refractivity contribution in [2.75, 3.05) is 25.1 Å². The molecule has 0 saturated carbocycles. The molecule has 1 aliphatic rings. The van der Waals surface area contributed by atoms with Gasteiger partial charge in [0.1, 0.15) is 12.4 Å². The Morgan fingerprint density at radius 3 is 2.75 bits per heavy atom. The molecule has 0 unspecified atom stereocenters. The van der Waals surface area contributed by atoms with Crippen LogP contribution in [-0.4, -0.2) is 36.3 Å². The molecule has 170 valence electrons. The lowest BCUT2D eigenvalue weighted by Crippen LogP contribution is -2.16. The maximum Gasteiger partial charge on any atom is 0.255 e. The number of nitrogens with one attached hydrogen (secondary N) is 2. The number of hydrogen-bond acceptors (Lipinski definition) is 4. The standard InChI is InChI=1S/C26H33N3O3/c1-4-13-27-16-20-15-23-18(2)24(11-12-25(23)29(20)3)28-26(30)19-7-9-21(10-8-19)32-17-22-6-5-14-31-22/h7-12,15,22,27H,4-6,13-14,16-17H2,1-3H3,(H,28,30)/t22-/m0/s1. The lowest BCUT2D eigenvalue weighted by atomic mass is 10.1. The van der Waals surface area contributed by atoms with Gasteiger partial charge in [0.15, 0.2) is 0 Å². The van der Waals surface area contributed by atoms with E-state index in [2.05, 4.69) is 48.2 Å². The summed E-state index contributed by atoms with van der Waals surface area (Å²) in [6.45, 7) is 7.43. The van der Waals surface area contributed by atoms with Crippen molar-refractivity contribution in [1.29, 1.82) is 0 Å². The van der Waals surface area contributed by atoms with Crippen LogP contribution in [-0.2, 0) is 18.3 Å². The topological polar surface area (TPSA) is 64.5 Å². The zero-order valence-electron chi connectivity index (χ0n) is 19.2. The van der Waals surface area contributed by atoms with Crippen molar-refractivity contribution in [3.63, 3.8) is 0 Å². The number of aryl methyl sites for hydroxylation is 2. The average Bonchev–Trinajstić information content (AvgIpc) is 3.43. The molecule has 32 heavy (non-hydrogen) atoms. The second kappa shape index (κ2) is 10.2. The summed E-state index contributed by atoms with van der Waals surface area (Å²) in [6.07, 6.45) is 3.43. The Hall–Kier alpha value is -2.83. The van der Waals surface area contributed by atoms with Crippen LogP contribution in [0, 0.1) is 6.92 Å². The van der Waals surface area contributed by atoms with Crippen LogP contribution in [0.5, 0.6) is 5.75 Å². The van der Waals surface area contributed by atoms with Gasteiger partial charge in [-0.3, -0.25) is 4.79 Å². The highest BCUT2D eigenvalue weighted by molar-refractivity contribution is 6.06. The molecule has 1 atom stereocenters. The Kier molecular flexibility index (Phi) is 7.12. The first-order chi connectivity index (χ1) is 15.6. The van der Waals surface area contributed by atoms with Gasteiger partial charge >= 0.3 is 0 Å². The number of hydrogen-bond donors (Lipinski definition) is 2. The van der Waals surface area contributed by atoms with Gasteiger partial charge in [-0.15, -0.1) is 0 Å². The molecule has 1 saturated heterocycles. The number of nitrogens with zero attached hydrogens (tertiary/aromatic N) is 1. The molecule has 1 aliphatic heterocycles. The van der Waals surface area contributed by atoms with Crippen LogP contribution in [0.2, 0.25) is 0 Å². The Bertz CT molecular complexity index is 1070. The van der Waals surface area contributed by atoms with Crippen molar-refractivity contribution >= 4 is 22.5 Å². The summed E-state index contributed by atoms with van der Waals surface area (Å²) in [5.41, 5.74) is 4.91. The van der Waals surface area contributed by atoms with Gasteiger partial charge < -0.3 is 24.7 Å². The third kappa shape index (κ3) is 4.97. The van der Waals surface area contributed by atoms with Crippen molar-refractivity contribution in [3.8, 4) is 5.75 Å². The lowest BCUT2D eigenvalue weighted by molar-refractivity contribution is 0.0679. The molecule has 0 aliphatic carbocycles. The second-order valence-corrected chi connectivity index (χ2v) is 8.47. The summed E-state index contributed by atoms with van der Waals surface area (Å²) in [6, 6.07) is 13.5. The minimum absolute atomic E-state index is 0.126. The summed E-state index contributed by atoms with van der Waals surface area (Å²) in [5, 5.41) is 7.70. The maximum atomic E-state index is 12.8. The van der Waals surface area contributed by atoms with Crippen molar-refractivity contribution < 1.29 is 14.3 Å². The van der Waals surface area contributed by atoms with Crippen molar-refractivity contribution in [2.24, 2.45) is 7.05 Å². The maximum absolute atomic E-state index is 12.8. The molecule has 6 nitrogen and oxygen atoms in total. The molecule has 2 heterocycles. The number of carbonyl (C=O) groups excluding carboxylic acids is 1. The fourth-order valence-electron chi connectivity index (χ4n) is 4.17. The zero-order chi connectivity index (χ0) is 22.5. The minimum atomic E-state index is -0.126. The molecular weight excluding hydrogens is 402 g/mol. The van der Waals surface area contributed by atoms with Crippen molar-refractivity contribution in [2.45, 2.75) is 45.8 Å². The van der Waals surface area contributed by atoms with Crippen LogP contribution in [0.4, 0.5) is 5.69 Å². The highest BCUT2D eigenvalue weighted by Gasteiger charge is 2.16. The average molecular weight is 436 g/mol. The minimum Gasteiger partial charge on any atom is -0.491 e. The molecule has 2 aromatic carbocycles. The third-order valence-corrected chi connectivity index (χ3v) is 6.15. The van der Waals surface area contributed by atoms with Crippen LogP contribution in [0.25, 0.3) is 10.9 Å². The van der Waals surface area contributed by atoms with E-state index >= 15 is 0 Å². The normalized spacial score (nSPS) is 15.9. The van der Waals surface area contributed by atoms with Gasteiger partial charge in [-0.1, -0.05) is 6.92 Å². The van der Waals surface area contributed by atoms with Crippen LogP contribution in [0.1, 0.15) is 47.8 Å². The number of amides is 1. The summed E-state index contributed by atoms with van der Waals surface area (Å²) in [5.74, 6) is 0.627. The molecule has 0 radical (unpaired) electrons. The van der Waals surface area contributed by atoms with E-state index in [1.807, 2.05) is 18.2 Å². The number of rotatable bonds is 9. The van der Waals surface area contributed by atoms with Crippen LogP contribution in [0.3, 0.4) is 0 Å². The smallest absolute Gasteiger partial charge is 0.255 e. The second-order valence-electron chi connectivity index (χ2n) is 8.47. The molecular formula is C26H33N3O3. The molecule has 4 rings (SSSR count). The van der Waals surface area contributed by atoms with Gasteiger partial charge in [0.2, 0.25) is 0 Å². The molecule has 3 aromatic rings. The largest absolute Gasteiger partial charge is 0.491 e. The van der Waals surface area contributed by atoms with Crippen LogP contribution in [0.15, 0.2) is 42.5 Å². The van der Waals surface area contributed by atoms with Gasteiger partial charge in [0.25, 0.3) is 5.91 Å². The fraction of sp³-hybridized carbons (Fsp3) is 0.423. The van der Waals surface area contributed by atoms with Crippen molar-refractivity contribution in [1.82, 2.24) is 9.88 Å². The van der Waals surface area contributed by atoms with Gasteiger partial charge in [0, 0.05) is 48.0 Å². The lowest BCUT2D eigenvalue weighted by Gasteiger charge is -2.12. The molecule has 1 aromatic heterocycles. The van der Waals surface area contributed by atoms with E-state index in [0.29, 0.717) is 12.2 Å². The molecule has 0 bridgehead atoms. The molecule has 2 N–H and O–H groups in total. The number of anilines is 1. The Morgan fingerprint density at radius 2 is 2.03 bits per heavy atom. The van der Waals surface area contributed by atoms with Gasteiger partial charge in [0.05, 0.1) is 6.10 Å². The van der Waals surface area contributed by atoms with E-state index in [-0.39, 0.29) is 12.0 Å². The van der Waals surface area contributed by atoms with E-state index in [1.54, 1.807) is 12.1 Å². The highest BCUT2D eigenvalue weighted by Crippen LogP contribution is 2.28. The SMILES string of the molecule is CCCNCc1cc2c(C)c(NC(=O)c3ccc(OC[C@@H]4CCCO4)cc3)ccc2n1C. The molecule has 6 heteroatoms. The number of benzene rings is 2. The number of aromatic nitrogens is 1. The first-order valence-electron chi connectivity index (χ1n) is 11.5. The molecule has 1 amide bonds. The van der Waals surface area contributed by atoms with E-state index in [1.165, 1.54) is 11.2 Å². The highest BCUT2D eigenvalue weighted by atomic mass is 16.5. The van der Waals surface area contributed by atoms with E-state index < -0.39 is 0 Å². The van der Waals surface area contributed by atoms with E-state index in [9.17, 15) is 4.79 Å². The van der Waals surface area contributed by atoms with Gasteiger partial charge in [-0.05, 0) is 80.8 Å². The first kappa shape index (κ1) is 22.4. The summed E-state index contributed by atoms with van der Waals surface area (Å²) >= 11 is 0. The summed E-state index contributed by atoms with van der Waals surface area (Å²) in [7, 11) is 2.09. The van der Waals surface area contributed by atoms with Gasteiger partial charge in [-0.25, -0.2) is 0 Å². The summed E-state index contributed by atoms with van der Waals surface area (Å²) < 4.78 is 13.6. The monoisotopic (exact) mass is 435 g/mol. The van der Waals surface area contributed by atoms with Crippen molar-refractivity contribution in [3.05, 3.63) is 59.3 Å². The van der Waals surface area contributed by atoms with E-state index in [4.69, 9.17) is 9.47 Å². The quantitative estimate of drug-likeness (QED) is 0.474. The molecule has 0 spiro atoms. The Labute approximate surface area is 189 Å². The summed E-state index contributed by atoms with van der Waals surface area (Å²) in [4.78, 5) is 12.8. The fourth-order valence-corrected chi connectivity index (χ4v) is 4.17. The van der Waals surface area contributed by atoms with Crippen LogP contribution < -0.4 is 15.4 Å². The number of carbonyl (C=O) groups is 1. The Morgan fingerprint density at radius 1 is 1.22 bits per heavy atom. The van der Waals surface area contributed by atoms with Crippen LogP contribution >= 0.6 is 0 Å². The number of fused-ring (bicyclic) bond motifs is 1. The zero-order valence-corrected chi connectivity index (χ0v) is 19.2. The predicted octanol–water partition coefficient (Wildman–Crippen LogP) is 4.80. The predicted molar refractivity (Wildman–Crippen MR) is 129 cm³/mol. The van der Waals surface area contributed by atoms with Gasteiger partial charge in [-0.2, -0.15) is 0 Å². The van der Waals surface area contributed by atoms with E-state index in [0.717, 1.165) is 61.3 Å². The molecule has 1 fully saturated rings. The number of ether oxygens (including phenoxy) is 2. The first-order valence-corrected chi connectivity index (χ1v) is 11.5.